The fourth-order valence-electron chi connectivity index (χ4n) is 3.27. The third kappa shape index (κ3) is 4.67. The zero-order valence-corrected chi connectivity index (χ0v) is 15.2. The van der Waals surface area contributed by atoms with Gasteiger partial charge in [-0.3, -0.25) is 9.69 Å². The first-order chi connectivity index (χ1) is 11.0. The lowest BCUT2D eigenvalue weighted by Gasteiger charge is -2.38. The van der Waals surface area contributed by atoms with Gasteiger partial charge in [0.05, 0.1) is 4.34 Å². The van der Waals surface area contributed by atoms with Crippen LogP contribution in [0.5, 0.6) is 0 Å². The second-order valence-electron chi connectivity index (χ2n) is 6.11. The van der Waals surface area contributed by atoms with Gasteiger partial charge in [0.2, 0.25) is 5.91 Å². The Balaban J connectivity index is 1.99. The van der Waals surface area contributed by atoms with E-state index in [-0.39, 0.29) is 18.6 Å². The van der Waals surface area contributed by atoms with Gasteiger partial charge in [0.1, 0.15) is 6.10 Å². The number of hydrogen-bond donors (Lipinski definition) is 3. The van der Waals surface area contributed by atoms with Gasteiger partial charge in [-0.25, -0.2) is 0 Å². The molecule has 1 saturated heterocycles. The van der Waals surface area contributed by atoms with E-state index in [1.165, 1.54) is 11.9 Å². The van der Waals surface area contributed by atoms with Crippen LogP contribution in [0.15, 0.2) is 6.07 Å². The highest BCUT2D eigenvalue weighted by molar-refractivity contribution is 7.16. The highest BCUT2D eigenvalue weighted by Gasteiger charge is 2.30. The second kappa shape index (κ2) is 8.44. The lowest BCUT2D eigenvalue weighted by Crippen LogP contribution is -2.47. The Morgan fingerprint density at radius 1 is 1.61 bits per heavy atom. The molecular weight excluding hydrogens is 336 g/mol. The fraction of sp³-hybridized carbons (Fsp3) is 0.688. The Kier molecular flexibility index (Phi) is 6.85. The number of amides is 1. The van der Waals surface area contributed by atoms with Crippen LogP contribution < -0.4 is 5.32 Å². The van der Waals surface area contributed by atoms with Crippen molar-refractivity contribution < 1.29 is 15.0 Å². The van der Waals surface area contributed by atoms with Gasteiger partial charge < -0.3 is 15.5 Å². The molecule has 3 N–H and O–H groups in total. The first kappa shape index (κ1) is 18.7. The normalized spacial score (nSPS) is 23.7. The first-order valence-corrected chi connectivity index (χ1v) is 9.18. The molecule has 1 aromatic heterocycles. The summed E-state index contributed by atoms with van der Waals surface area (Å²) in [5.41, 5.74) is 1.15. The standard InChI is InChI=1S/C16H25ClN2O3S/c1-10-7-11(15-12(4-6-20)8-14(17)23-15)3-5-19(10)9-13(21)16(22)18-2/h8,10-11,13,20-21H,3-7,9H2,1-2H3,(H,18,22). The zero-order valence-electron chi connectivity index (χ0n) is 13.6. The number of thiophene rings is 1. The molecule has 2 heterocycles. The summed E-state index contributed by atoms with van der Waals surface area (Å²) in [5.74, 6) is 0.0899. The fourth-order valence-corrected chi connectivity index (χ4v) is 4.74. The van der Waals surface area contributed by atoms with E-state index in [0.29, 0.717) is 18.9 Å². The highest BCUT2D eigenvalue weighted by atomic mass is 35.5. The van der Waals surface area contributed by atoms with Gasteiger partial charge in [-0.1, -0.05) is 11.6 Å². The molecule has 3 atom stereocenters. The van der Waals surface area contributed by atoms with Crippen LogP contribution in [0.4, 0.5) is 0 Å². The summed E-state index contributed by atoms with van der Waals surface area (Å²) >= 11 is 7.76. The maximum absolute atomic E-state index is 11.5. The van der Waals surface area contributed by atoms with Gasteiger partial charge in [0.15, 0.2) is 0 Å². The number of aliphatic hydroxyl groups excluding tert-OH is 2. The molecule has 3 unspecified atom stereocenters. The van der Waals surface area contributed by atoms with Gasteiger partial charge in [0, 0.05) is 31.1 Å². The molecule has 0 aliphatic carbocycles. The third-order valence-corrected chi connectivity index (χ3v) is 6.00. The molecule has 1 aliphatic heterocycles. The van der Waals surface area contributed by atoms with Gasteiger partial charge in [-0.15, -0.1) is 11.3 Å². The van der Waals surface area contributed by atoms with Crippen LogP contribution in [0.2, 0.25) is 4.34 Å². The van der Waals surface area contributed by atoms with Crippen molar-refractivity contribution in [2.75, 3.05) is 26.7 Å². The maximum atomic E-state index is 11.5. The maximum Gasteiger partial charge on any atom is 0.249 e. The van der Waals surface area contributed by atoms with Crippen molar-refractivity contribution in [2.24, 2.45) is 0 Å². The molecule has 0 radical (unpaired) electrons. The van der Waals surface area contributed by atoms with E-state index >= 15 is 0 Å². The van der Waals surface area contributed by atoms with Crippen LogP contribution in [0.25, 0.3) is 0 Å². The van der Waals surface area contributed by atoms with Crippen molar-refractivity contribution in [2.45, 2.75) is 44.2 Å². The molecule has 0 aromatic carbocycles. The minimum absolute atomic E-state index is 0.132. The largest absolute Gasteiger partial charge is 0.396 e. The van der Waals surface area contributed by atoms with E-state index in [2.05, 4.69) is 17.1 Å². The zero-order chi connectivity index (χ0) is 17.0. The first-order valence-electron chi connectivity index (χ1n) is 7.99. The summed E-state index contributed by atoms with van der Waals surface area (Å²) in [4.78, 5) is 14.9. The van der Waals surface area contributed by atoms with Crippen molar-refractivity contribution in [3.8, 4) is 0 Å². The topological polar surface area (TPSA) is 72.8 Å². The van der Waals surface area contributed by atoms with Crippen LogP contribution >= 0.6 is 22.9 Å². The Labute approximate surface area is 146 Å². The molecule has 1 fully saturated rings. The Hall–Kier alpha value is -0.660. The average molecular weight is 361 g/mol. The molecule has 130 valence electrons. The molecule has 5 nitrogen and oxygen atoms in total. The Bertz CT molecular complexity index is 537. The number of carbonyl (C=O) groups is 1. The summed E-state index contributed by atoms with van der Waals surface area (Å²) < 4.78 is 0.772. The number of piperidine rings is 1. The van der Waals surface area contributed by atoms with Crippen LogP contribution in [-0.2, 0) is 11.2 Å². The summed E-state index contributed by atoms with van der Waals surface area (Å²) in [6, 6.07) is 2.25. The predicted octanol–water partition coefficient (Wildman–Crippen LogP) is 1.61. The number of rotatable bonds is 6. The van der Waals surface area contributed by atoms with Gasteiger partial charge in [0.25, 0.3) is 0 Å². The van der Waals surface area contributed by atoms with Crippen molar-refractivity contribution in [3.63, 3.8) is 0 Å². The monoisotopic (exact) mass is 360 g/mol. The lowest BCUT2D eigenvalue weighted by atomic mass is 9.88. The summed E-state index contributed by atoms with van der Waals surface area (Å²) in [5, 5.41) is 21.6. The van der Waals surface area contributed by atoms with Crippen LogP contribution in [0, 0.1) is 0 Å². The third-order valence-electron chi connectivity index (χ3n) is 4.53. The quantitative estimate of drug-likeness (QED) is 0.720. The van der Waals surface area contributed by atoms with Crippen LogP contribution in [0.1, 0.15) is 36.1 Å². The van der Waals surface area contributed by atoms with E-state index in [1.807, 2.05) is 6.07 Å². The molecule has 1 aromatic rings. The van der Waals surface area contributed by atoms with E-state index in [9.17, 15) is 15.0 Å². The molecule has 0 spiro atoms. The molecule has 0 saturated carbocycles. The number of hydrogen-bond acceptors (Lipinski definition) is 5. The molecule has 7 heteroatoms. The molecule has 2 rings (SSSR count). The Morgan fingerprint density at radius 2 is 2.35 bits per heavy atom. The molecule has 1 aliphatic rings. The van der Waals surface area contributed by atoms with Crippen molar-refractivity contribution >= 4 is 28.8 Å². The number of nitrogens with one attached hydrogen (secondary N) is 1. The van der Waals surface area contributed by atoms with Gasteiger partial charge in [-0.2, -0.15) is 0 Å². The number of likely N-dealkylation sites (N-methyl/N-ethyl adjacent to an activating group) is 1. The summed E-state index contributed by atoms with van der Waals surface area (Å²) in [7, 11) is 1.53. The van der Waals surface area contributed by atoms with Crippen molar-refractivity contribution in [1.29, 1.82) is 0 Å². The van der Waals surface area contributed by atoms with E-state index in [1.54, 1.807) is 11.3 Å². The predicted molar refractivity (Wildman–Crippen MR) is 93.2 cm³/mol. The smallest absolute Gasteiger partial charge is 0.249 e. The molecular formula is C16H25ClN2O3S. The average Bonchev–Trinajstić information content (AvgIpc) is 2.89. The van der Waals surface area contributed by atoms with Crippen LogP contribution in [0.3, 0.4) is 0 Å². The van der Waals surface area contributed by atoms with Crippen molar-refractivity contribution in [1.82, 2.24) is 10.2 Å². The number of nitrogens with zero attached hydrogens (tertiary/aromatic N) is 1. The van der Waals surface area contributed by atoms with E-state index in [0.717, 1.165) is 29.3 Å². The minimum atomic E-state index is -0.986. The molecule has 1 amide bonds. The Morgan fingerprint density at radius 3 is 2.96 bits per heavy atom. The number of halogens is 1. The summed E-state index contributed by atoms with van der Waals surface area (Å²) in [6.07, 6.45) is 1.60. The molecule has 23 heavy (non-hydrogen) atoms. The van der Waals surface area contributed by atoms with Crippen LogP contribution in [-0.4, -0.2) is 59.9 Å². The number of β-amino-alcohol motifs (C(OH)–C–C–N with tert-alkyl or cyclic N) is 1. The second-order valence-corrected chi connectivity index (χ2v) is 7.82. The minimum Gasteiger partial charge on any atom is -0.396 e. The van der Waals surface area contributed by atoms with Gasteiger partial charge in [-0.05, 0) is 50.3 Å². The number of aliphatic hydroxyl groups is 2. The summed E-state index contributed by atoms with van der Waals surface area (Å²) in [6.45, 7) is 3.46. The van der Waals surface area contributed by atoms with E-state index < -0.39 is 6.10 Å². The van der Waals surface area contributed by atoms with Crippen molar-refractivity contribution in [3.05, 3.63) is 20.8 Å². The highest BCUT2D eigenvalue weighted by Crippen LogP contribution is 2.39. The SMILES string of the molecule is CNC(=O)C(O)CN1CCC(c2sc(Cl)cc2CCO)CC1C. The van der Waals surface area contributed by atoms with Gasteiger partial charge >= 0.3 is 0 Å². The lowest BCUT2D eigenvalue weighted by molar-refractivity contribution is -0.130. The van der Waals surface area contributed by atoms with E-state index in [4.69, 9.17) is 11.6 Å². The number of carbonyl (C=O) groups excluding carboxylic acids is 1. The molecule has 0 bridgehead atoms. The number of likely N-dealkylation sites (tertiary alicyclic amines) is 1.